The molecule has 2 atom stereocenters. The normalized spacial score (nSPS) is 20.5. The summed E-state index contributed by atoms with van der Waals surface area (Å²) in [5.74, 6) is 0.314. The van der Waals surface area contributed by atoms with Crippen molar-refractivity contribution in [3.05, 3.63) is 29.8 Å². The fourth-order valence-electron chi connectivity index (χ4n) is 2.68. The van der Waals surface area contributed by atoms with Crippen molar-refractivity contribution in [2.24, 2.45) is 0 Å². The highest BCUT2D eigenvalue weighted by Crippen LogP contribution is 2.24. The Kier molecular flexibility index (Phi) is 4.43. The molecule has 1 aromatic carbocycles. The standard InChI is InChI=1S/C15H22N2O2/c1-11(12-4-6-13(16)7-5-12)9-15(19)17-8-2-3-14(17)10-18/h4-7,11,14,18H,2-3,8-10,16H2,1H3/t11?,14-/m1/s1. The molecule has 1 aliphatic rings. The first-order chi connectivity index (χ1) is 9.11. The van der Waals surface area contributed by atoms with Crippen molar-refractivity contribution in [3.63, 3.8) is 0 Å². The molecular weight excluding hydrogens is 240 g/mol. The number of carbonyl (C=O) groups is 1. The fraction of sp³-hybridized carbons (Fsp3) is 0.533. The number of benzene rings is 1. The Hall–Kier alpha value is -1.55. The van der Waals surface area contributed by atoms with Crippen molar-refractivity contribution < 1.29 is 9.90 Å². The zero-order chi connectivity index (χ0) is 13.8. The van der Waals surface area contributed by atoms with Crippen LogP contribution in [0.5, 0.6) is 0 Å². The van der Waals surface area contributed by atoms with Crippen molar-refractivity contribution in [2.45, 2.75) is 38.1 Å². The Morgan fingerprint density at radius 1 is 1.47 bits per heavy atom. The summed E-state index contributed by atoms with van der Waals surface area (Å²) in [5, 5.41) is 9.26. The predicted octanol–water partition coefficient (Wildman–Crippen LogP) is 1.75. The second kappa shape index (κ2) is 6.06. The maximum absolute atomic E-state index is 12.3. The first-order valence-corrected chi connectivity index (χ1v) is 6.87. The van der Waals surface area contributed by atoms with Crippen molar-refractivity contribution in [3.8, 4) is 0 Å². The second-order valence-corrected chi connectivity index (χ2v) is 5.34. The van der Waals surface area contributed by atoms with Crippen LogP contribution in [0.1, 0.15) is 37.7 Å². The van der Waals surface area contributed by atoms with Crippen molar-refractivity contribution in [1.29, 1.82) is 0 Å². The Balaban J connectivity index is 1.96. The number of amides is 1. The van der Waals surface area contributed by atoms with Gasteiger partial charge in [-0.25, -0.2) is 0 Å². The van der Waals surface area contributed by atoms with E-state index >= 15 is 0 Å². The number of carbonyl (C=O) groups excluding carboxylic acids is 1. The average Bonchev–Trinajstić information content (AvgIpc) is 2.87. The maximum Gasteiger partial charge on any atom is 0.223 e. The van der Waals surface area contributed by atoms with Gasteiger partial charge >= 0.3 is 0 Å². The van der Waals surface area contributed by atoms with Crippen LogP contribution in [0.2, 0.25) is 0 Å². The summed E-state index contributed by atoms with van der Waals surface area (Å²) in [6, 6.07) is 7.69. The van der Waals surface area contributed by atoms with Crippen LogP contribution in [-0.2, 0) is 4.79 Å². The molecule has 1 fully saturated rings. The molecule has 19 heavy (non-hydrogen) atoms. The van der Waals surface area contributed by atoms with Crippen LogP contribution in [0.4, 0.5) is 5.69 Å². The molecule has 0 aliphatic carbocycles. The van der Waals surface area contributed by atoms with Gasteiger partial charge in [-0.15, -0.1) is 0 Å². The number of hydrogen-bond donors (Lipinski definition) is 2. The van der Waals surface area contributed by atoms with Gasteiger partial charge in [0.2, 0.25) is 5.91 Å². The van der Waals surface area contributed by atoms with E-state index in [0.717, 1.165) is 30.6 Å². The summed E-state index contributed by atoms with van der Waals surface area (Å²) < 4.78 is 0. The third-order valence-corrected chi connectivity index (χ3v) is 3.89. The Bertz CT molecular complexity index is 430. The molecule has 1 aliphatic heterocycles. The zero-order valence-corrected chi connectivity index (χ0v) is 11.4. The predicted molar refractivity (Wildman–Crippen MR) is 75.7 cm³/mol. The van der Waals surface area contributed by atoms with Gasteiger partial charge in [0.1, 0.15) is 0 Å². The number of aliphatic hydroxyl groups excluding tert-OH is 1. The van der Waals surface area contributed by atoms with Crippen LogP contribution in [0, 0.1) is 0 Å². The number of likely N-dealkylation sites (tertiary alicyclic amines) is 1. The van der Waals surface area contributed by atoms with Gasteiger partial charge in [-0.3, -0.25) is 4.79 Å². The molecular formula is C15H22N2O2. The van der Waals surface area contributed by atoms with E-state index in [-0.39, 0.29) is 24.5 Å². The van der Waals surface area contributed by atoms with Crippen molar-refractivity contribution >= 4 is 11.6 Å². The molecule has 104 valence electrons. The number of hydrogen-bond acceptors (Lipinski definition) is 3. The molecule has 2 rings (SSSR count). The van der Waals surface area contributed by atoms with Crippen LogP contribution in [0.3, 0.4) is 0 Å². The lowest BCUT2D eigenvalue weighted by Gasteiger charge is -2.24. The van der Waals surface area contributed by atoms with Crippen LogP contribution in [-0.4, -0.2) is 35.1 Å². The Labute approximate surface area is 114 Å². The quantitative estimate of drug-likeness (QED) is 0.812. The van der Waals surface area contributed by atoms with Gasteiger partial charge in [0.05, 0.1) is 12.6 Å². The summed E-state index contributed by atoms with van der Waals surface area (Å²) in [6.45, 7) is 2.90. The van der Waals surface area contributed by atoms with E-state index in [4.69, 9.17) is 5.73 Å². The Morgan fingerprint density at radius 3 is 2.79 bits per heavy atom. The largest absolute Gasteiger partial charge is 0.399 e. The van der Waals surface area contributed by atoms with E-state index in [1.807, 2.05) is 36.1 Å². The molecule has 1 heterocycles. The molecule has 1 unspecified atom stereocenters. The van der Waals surface area contributed by atoms with E-state index in [1.165, 1.54) is 0 Å². The van der Waals surface area contributed by atoms with Gasteiger partial charge in [-0.2, -0.15) is 0 Å². The molecule has 1 aromatic rings. The highest BCUT2D eigenvalue weighted by Gasteiger charge is 2.28. The van der Waals surface area contributed by atoms with Crippen LogP contribution >= 0.6 is 0 Å². The van der Waals surface area contributed by atoms with Gasteiger partial charge in [0, 0.05) is 18.7 Å². The Morgan fingerprint density at radius 2 is 2.16 bits per heavy atom. The fourth-order valence-corrected chi connectivity index (χ4v) is 2.68. The lowest BCUT2D eigenvalue weighted by atomic mass is 9.97. The van der Waals surface area contributed by atoms with Gasteiger partial charge < -0.3 is 15.7 Å². The lowest BCUT2D eigenvalue weighted by molar-refractivity contribution is -0.133. The summed E-state index contributed by atoms with van der Waals surface area (Å²) >= 11 is 0. The van der Waals surface area contributed by atoms with E-state index < -0.39 is 0 Å². The molecule has 1 amide bonds. The van der Waals surface area contributed by atoms with Crippen LogP contribution in [0.15, 0.2) is 24.3 Å². The second-order valence-electron chi connectivity index (χ2n) is 5.34. The molecule has 0 saturated carbocycles. The summed E-state index contributed by atoms with van der Waals surface area (Å²) in [4.78, 5) is 14.1. The molecule has 0 bridgehead atoms. The minimum Gasteiger partial charge on any atom is -0.399 e. The van der Waals surface area contributed by atoms with Crippen LogP contribution in [0.25, 0.3) is 0 Å². The number of nitrogen functional groups attached to an aromatic ring is 1. The van der Waals surface area contributed by atoms with Crippen molar-refractivity contribution in [1.82, 2.24) is 4.90 Å². The lowest BCUT2D eigenvalue weighted by Crippen LogP contribution is -2.38. The first-order valence-electron chi connectivity index (χ1n) is 6.87. The van der Waals surface area contributed by atoms with E-state index in [1.54, 1.807) is 0 Å². The van der Waals surface area contributed by atoms with Crippen molar-refractivity contribution in [2.75, 3.05) is 18.9 Å². The summed E-state index contributed by atoms with van der Waals surface area (Å²) in [5.41, 5.74) is 7.53. The third-order valence-electron chi connectivity index (χ3n) is 3.89. The molecule has 1 saturated heterocycles. The van der Waals surface area contributed by atoms with E-state index in [9.17, 15) is 9.90 Å². The molecule has 3 N–H and O–H groups in total. The molecule has 0 aromatic heterocycles. The maximum atomic E-state index is 12.3. The molecule has 4 heteroatoms. The molecule has 4 nitrogen and oxygen atoms in total. The van der Waals surface area contributed by atoms with Gasteiger partial charge in [0.15, 0.2) is 0 Å². The number of aliphatic hydroxyl groups is 1. The third kappa shape index (κ3) is 3.26. The monoisotopic (exact) mass is 262 g/mol. The molecule has 0 radical (unpaired) electrons. The summed E-state index contributed by atoms with van der Waals surface area (Å²) in [7, 11) is 0. The van der Waals surface area contributed by atoms with Gasteiger partial charge in [-0.05, 0) is 36.5 Å². The van der Waals surface area contributed by atoms with Gasteiger partial charge in [0.25, 0.3) is 0 Å². The van der Waals surface area contributed by atoms with Crippen LogP contribution < -0.4 is 5.73 Å². The topological polar surface area (TPSA) is 66.6 Å². The van der Waals surface area contributed by atoms with E-state index in [2.05, 4.69) is 0 Å². The zero-order valence-electron chi connectivity index (χ0n) is 11.4. The number of nitrogens with two attached hydrogens (primary N) is 1. The highest BCUT2D eigenvalue weighted by molar-refractivity contribution is 5.77. The minimum absolute atomic E-state index is 0.0196. The minimum atomic E-state index is 0.0196. The number of nitrogens with zero attached hydrogens (tertiary/aromatic N) is 1. The first kappa shape index (κ1) is 13.9. The summed E-state index contributed by atoms with van der Waals surface area (Å²) in [6.07, 6.45) is 2.39. The van der Waals surface area contributed by atoms with E-state index in [0.29, 0.717) is 6.42 Å². The highest BCUT2D eigenvalue weighted by atomic mass is 16.3. The average molecular weight is 262 g/mol. The smallest absolute Gasteiger partial charge is 0.223 e. The number of rotatable bonds is 4. The molecule has 0 spiro atoms. The number of anilines is 1. The van der Waals surface area contributed by atoms with Gasteiger partial charge in [-0.1, -0.05) is 19.1 Å². The SMILES string of the molecule is CC(CC(=O)N1CCC[C@@H]1CO)c1ccc(N)cc1.